The average molecular weight is 324 g/mol. The third-order valence-corrected chi connectivity index (χ3v) is 5.55. The highest BCUT2D eigenvalue weighted by molar-refractivity contribution is 7.89. The van der Waals surface area contributed by atoms with Gasteiger partial charge in [0.25, 0.3) is 0 Å². The Bertz CT molecular complexity index is 676. The van der Waals surface area contributed by atoms with Crippen LogP contribution in [0.5, 0.6) is 0 Å². The summed E-state index contributed by atoms with van der Waals surface area (Å²) in [5.41, 5.74) is 3.21. The van der Waals surface area contributed by atoms with Gasteiger partial charge in [-0.3, -0.25) is 0 Å². The molecule has 2 aromatic rings. The van der Waals surface area contributed by atoms with Crippen LogP contribution in [-0.2, 0) is 23.1 Å². The van der Waals surface area contributed by atoms with E-state index in [1.165, 1.54) is 0 Å². The summed E-state index contributed by atoms with van der Waals surface area (Å²) in [4.78, 5) is 0.302. The Morgan fingerprint density at radius 2 is 1.81 bits per heavy atom. The molecule has 0 atom stereocenters. The van der Waals surface area contributed by atoms with Crippen molar-refractivity contribution < 1.29 is 8.42 Å². The van der Waals surface area contributed by atoms with Crippen LogP contribution in [0.25, 0.3) is 0 Å². The number of benzene rings is 1. The fourth-order valence-electron chi connectivity index (χ4n) is 1.88. The van der Waals surface area contributed by atoms with Gasteiger partial charge in [0, 0.05) is 13.1 Å². The monoisotopic (exact) mass is 324 g/mol. The van der Waals surface area contributed by atoms with E-state index in [0.29, 0.717) is 11.4 Å². The SMILES string of the molecule is CCNCc1ccc(S(=O)(=O)NCc2cscc2C)cc1. The topological polar surface area (TPSA) is 58.2 Å². The standard InChI is InChI=1S/C15H20N2O2S2/c1-3-16-8-13-4-6-15(7-5-13)21(18,19)17-9-14-11-20-10-12(14)2/h4-7,10-11,16-17H,3,8-9H2,1-2H3. The number of rotatable bonds is 7. The van der Waals surface area contributed by atoms with Crippen molar-refractivity contribution in [3.63, 3.8) is 0 Å². The van der Waals surface area contributed by atoms with Crippen LogP contribution in [-0.4, -0.2) is 15.0 Å². The molecule has 0 unspecified atom stereocenters. The first-order valence-electron chi connectivity index (χ1n) is 6.84. The minimum Gasteiger partial charge on any atom is -0.313 e. The molecule has 0 spiro atoms. The minimum atomic E-state index is -3.46. The van der Waals surface area contributed by atoms with Crippen LogP contribution >= 0.6 is 11.3 Å². The molecule has 4 nitrogen and oxygen atoms in total. The molecule has 0 fully saturated rings. The molecular formula is C15H20N2O2S2. The summed E-state index contributed by atoms with van der Waals surface area (Å²) >= 11 is 1.58. The molecule has 0 aliphatic rings. The van der Waals surface area contributed by atoms with Crippen LogP contribution in [0, 0.1) is 6.92 Å². The Balaban J connectivity index is 2.03. The van der Waals surface area contributed by atoms with Crippen molar-refractivity contribution in [1.82, 2.24) is 10.0 Å². The summed E-state index contributed by atoms with van der Waals surface area (Å²) in [5, 5.41) is 7.19. The molecule has 0 saturated carbocycles. The Morgan fingerprint density at radius 3 is 2.38 bits per heavy atom. The second-order valence-corrected chi connectivity index (χ2v) is 7.34. The lowest BCUT2D eigenvalue weighted by molar-refractivity contribution is 0.581. The van der Waals surface area contributed by atoms with E-state index in [9.17, 15) is 8.42 Å². The van der Waals surface area contributed by atoms with Gasteiger partial charge in [0.2, 0.25) is 10.0 Å². The van der Waals surface area contributed by atoms with Crippen LogP contribution in [0.2, 0.25) is 0 Å². The lowest BCUT2D eigenvalue weighted by Crippen LogP contribution is -2.23. The molecule has 1 aromatic heterocycles. The number of sulfonamides is 1. The van der Waals surface area contributed by atoms with Crippen molar-refractivity contribution in [2.45, 2.75) is 31.8 Å². The van der Waals surface area contributed by atoms with Crippen molar-refractivity contribution >= 4 is 21.4 Å². The molecular weight excluding hydrogens is 304 g/mol. The number of hydrogen-bond acceptors (Lipinski definition) is 4. The van der Waals surface area contributed by atoms with Crippen LogP contribution in [0.1, 0.15) is 23.6 Å². The highest BCUT2D eigenvalue weighted by Gasteiger charge is 2.14. The van der Waals surface area contributed by atoms with E-state index >= 15 is 0 Å². The van der Waals surface area contributed by atoms with Crippen molar-refractivity contribution in [2.24, 2.45) is 0 Å². The molecule has 0 amide bonds. The minimum absolute atomic E-state index is 0.302. The Kier molecular flexibility index (Phi) is 5.52. The van der Waals surface area contributed by atoms with Gasteiger partial charge in [-0.15, -0.1) is 0 Å². The fourth-order valence-corrected chi connectivity index (χ4v) is 3.74. The molecule has 0 aliphatic carbocycles. The summed E-state index contributed by atoms with van der Waals surface area (Å²) in [5.74, 6) is 0. The Morgan fingerprint density at radius 1 is 1.10 bits per heavy atom. The maximum absolute atomic E-state index is 12.2. The van der Waals surface area contributed by atoms with Crippen LogP contribution < -0.4 is 10.0 Å². The molecule has 0 radical (unpaired) electrons. The van der Waals surface area contributed by atoms with Crippen molar-refractivity contribution in [2.75, 3.05) is 6.54 Å². The predicted octanol–water partition coefficient (Wildman–Crippen LogP) is 2.64. The largest absolute Gasteiger partial charge is 0.313 e. The Labute approximate surface area is 130 Å². The molecule has 6 heteroatoms. The van der Waals surface area contributed by atoms with E-state index in [1.807, 2.05) is 36.7 Å². The van der Waals surface area contributed by atoms with Crippen molar-refractivity contribution in [1.29, 1.82) is 0 Å². The van der Waals surface area contributed by atoms with Gasteiger partial charge >= 0.3 is 0 Å². The van der Waals surface area contributed by atoms with E-state index < -0.39 is 10.0 Å². The van der Waals surface area contributed by atoms with E-state index in [4.69, 9.17) is 0 Å². The molecule has 114 valence electrons. The summed E-state index contributed by atoms with van der Waals surface area (Å²) in [7, 11) is -3.46. The van der Waals surface area contributed by atoms with Crippen LogP contribution in [0.15, 0.2) is 39.9 Å². The summed E-state index contributed by atoms with van der Waals surface area (Å²) in [6.45, 7) is 5.99. The molecule has 21 heavy (non-hydrogen) atoms. The van der Waals surface area contributed by atoms with Gasteiger partial charge in [0.15, 0.2) is 0 Å². The van der Waals surface area contributed by atoms with E-state index in [1.54, 1.807) is 23.5 Å². The second-order valence-electron chi connectivity index (χ2n) is 4.83. The number of aryl methyl sites for hydroxylation is 1. The second kappa shape index (κ2) is 7.17. The maximum atomic E-state index is 12.2. The number of hydrogen-bond donors (Lipinski definition) is 2. The molecule has 0 bridgehead atoms. The van der Waals surface area contributed by atoms with Gasteiger partial charge in [-0.05, 0) is 53.1 Å². The zero-order valence-corrected chi connectivity index (χ0v) is 13.9. The molecule has 2 N–H and O–H groups in total. The summed E-state index contributed by atoms with van der Waals surface area (Å²) in [6.07, 6.45) is 0. The third-order valence-electron chi connectivity index (χ3n) is 3.23. The zero-order valence-electron chi connectivity index (χ0n) is 12.2. The van der Waals surface area contributed by atoms with Crippen molar-refractivity contribution in [3.8, 4) is 0 Å². The van der Waals surface area contributed by atoms with Crippen molar-refractivity contribution in [3.05, 3.63) is 51.7 Å². The third kappa shape index (κ3) is 4.38. The maximum Gasteiger partial charge on any atom is 0.240 e. The Hall–Kier alpha value is -1.21. The first-order chi connectivity index (χ1) is 10.0. The first kappa shape index (κ1) is 16.2. The number of thiophene rings is 1. The molecule has 1 heterocycles. The predicted molar refractivity (Wildman–Crippen MR) is 86.9 cm³/mol. The molecule has 0 saturated heterocycles. The number of nitrogens with one attached hydrogen (secondary N) is 2. The van der Waals surface area contributed by atoms with Gasteiger partial charge in [-0.25, -0.2) is 13.1 Å². The van der Waals surface area contributed by atoms with Gasteiger partial charge in [0.05, 0.1) is 4.90 Å². The quantitative estimate of drug-likeness (QED) is 0.823. The lowest BCUT2D eigenvalue weighted by Gasteiger charge is -2.08. The van der Waals surface area contributed by atoms with Gasteiger partial charge < -0.3 is 5.32 Å². The van der Waals surface area contributed by atoms with E-state index in [2.05, 4.69) is 10.0 Å². The van der Waals surface area contributed by atoms with E-state index in [-0.39, 0.29) is 0 Å². The summed E-state index contributed by atoms with van der Waals surface area (Å²) in [6, 6.07) is 6.98. The highest BCUT2D eigenvalue weighted by atomic mass is 32.2. The molecule has 2 rings (SSSR count). The molecule has 0 aliphatic heterocycles. The fraction of sp³-hybridized carbons (Fsp3) is 0.333. The smallest absolute Gasteiger partial charge is 0.240 e. The lowest BCUT2D eigenvalue weighted by atomic mass is 10.2. The van der Waals surface area contributed by atoms with Crippen LogP contribution in [0.4, 0.5) is 0 Å². The highest BCUT2D eigenvalue weighted by Crippen LogP contribution is 2.15. The zero-order chi connectivity index (χ0) is 15.3. The van der Waals surface area contributed by atoms with E-state index in [0.717, 1.165) is 29.8 Å². The normalized spacial score (nSPS) is 11.7. The summed E-state index contributed by atoms with van der Waals surface area (Å²) < 4.78 is 27.1. The average Bonchev–Trinajstić information content (AvgIpc) is 2.89. The van der Waals surface area contributed by atoms with Gasteiger partial charge in [0.1, 0.15) is 0 Å². The van der Waals surface area contributed by atoms with Gasteiger partial charge in [-0.1, -0.05) is 19.1 Å². The molecule has 1 aromatic carbocycles. The van der Waals surface area contributed by atoms with Crippen LogP contribution in [0.3, 0.4) is 0 Å². The van der Waals surface area contributed by atoms with Gasteiger partial charge in [-0.2, -0.15) is 11.3 Å². The first-order valence-corrected chi connectivity index (χ1v) is 9.26.